The van der Waals surface area contributed by atoms with E-state index in [1.165, 1.54) is 18.7 Å². The topological polar surface area (TPSA) is 55.8 Å². The largest absolute Gasteiger partial charge is 0.490 e. The van der Waals surface area contributed by atoms with Crippen LogP contribution in [0.3, 0.4) is 0 Å². The van der Waals surface area contributed by atoms with Gasteiger partial charge in [-0.1, -0.05) is 60.4 Å². The van der Waals surface area contributed by atoms with E-state index in [0.29, 0.717) is 33.9 Å². The first-order valence-electron chi connectivity index (χ1n) is 8.72. The fourth-order valence-electron chi connectivity index (χ4n) is 2.68. The first kappa shape index (κ1) is 20.1. The predicted molar refractivity (Wildman–Crippen MR) is 114 cm³/mol. The van der Waals surface area contributed by atoms with Crippen molar-refractivity contribution in [3.8, 4) is 11.5 Å². The summed E-state index contributed by atoms with van der Waals surface area (Å²) in [4.78, 5) is 26.2. The van der Waals surface area contributed by atoms with E-state index in [9.17, 15) is 9.59 Å². The van der Waals surface area contributed by atoms with Gasteiger partial charge in [-0.3, -0.25) is 14.5 Å². The zero-order valence-electron chi connectivity index (χ0n) is 15.5. The molecule has 0 aliphatic carbocycles. The lowest BCUT2D eigenvalue weighted by atomic mass is 10.1. The van der Waals surface area contributed by atoms with Gasteiger partial charge in [0.05, 0.1) is 18.1 Å². The minimum absolute atomic E-state index is 0.124. The van der Waals surface area contributed by atoms with Crippen LogP contribution in [0.5, 0.6) is 11.5 Å². The summed E-state index contributed by atoms with van der Waals surface area (Å²) in [6.07, 6.45) is 1.77. The van der Waals surface area contributed by atoms with E-state index in [2.05, 4.69) is 0 Å². The van der Waals surface area contributed by atoms with E-state index < -0.39 is 5.97 Å². The van der Waals surface area contributed by atoms with E-state index in [1.54, 1.807) is 29.2 Å². The molecule has 28 heavy (non-hydrogen) atoms. The van der Waals surface area contributed by atoms with E-state index >= 15 is 0 Å². The Labute approximate surface area is 173 Å². The molecule has 3 rings (SSSR count). The van der Waals surface area contributed by atoms with Crippen LogP contribution in [0.4, 0.5) is 0 Å². The molecule has 1 saturated heterocycles. The number of nitrogens with zero attached hydrogens (tertiary/aromatic N) is 1. The minimum atomic E-state index is -0.421. The molecule has 0 atom stereocenters. The van der Waals surface area contributed by atoms with Crippen molar-refractivity contribution in [2.24, 2.45) is 0 Å². The number of carbonyl (C=O) groups is 2. The van der Waals surface area contributed by atoms with Crippen LogP contribution in [0.1, 0.15) is 25.0 Å². The van der Waals surface area contributed by atoms with Crippen LogP contribution in [0, 0.1) is 0 Å². The van der Waals surface area contributed by atoms with Gasteiger partial charge in [0.25, 0.3) is 5.91 Å². The number of benzene rings is 2. The zero-order valence-corrected chi connectivity index (χ0v) is 17.1. The molecule has 0 N–H and O–H groups in total. The summed E-state index contributed by atoms with van der Waals surface area (Å²) < 4.78 is 11.2. The zero-order chi connectivity index (χ0) is 20.1. The van der Waals surface area contributed by atoms with Crippen molar-refractivity contribution >= 4 is 46.3 Å². The summed E-state index contributed by atoms with van der Waals surface area (Å²) in [5.41, 5.74) is 1.78. The van der Waals surface area contributed by atoms with Crippen LogP contribution in [0.25, 0.3) is 6.08 Å². The number of hydrogen-bond acceptors (Lipinski definition) is 6. The molecule has 0 radical (unpaired) electrons. The van der Waals surface area contributed by atoms with Gasteiger partial charge in [0.1, 0.15) is 4.32 Å². The lowest BCUT2D eigenvalue weighted by molar-refractivity contribution is -0.132. The normalized spacial score (nSPS) is 15.2. The van der Waals surface area contributed by atoms with Crippen molar-refractivity contribution < 1.29 is 19.1 Å². The molecule has 7 heteroatoms. The summed E-state index contributed by atoms with van der Waals surface area (Å²) in [6, 6.07) is 14.9. The maximum atomic E-state index is 12.8. The first-order chi connectivity index (χ1) is 13.5. The number of rotatable bonds is 6. The van der Waals surface area contributed by atoms with Crippen LogP contribution in [0.15, 0.2) is 53.4 Å². The second kappa shape index (κ2) is 9.03. The van der Waals surface area contributed by atoms with Crippen LogP contribution in [0.2, 0.25) is 0 Å². The predicted octanol–water partition coefficient (Wildman–Crippen LogP) is 4.41. The van der Waals surface area contributed by atoms with Crippen LogP contribution < -0.4 is 9.47 Å². The second-order valence-corrected chi connectivity index (χ2v) is 7.66. The minimum Gasteiger partial charge on any atom is -0.490 e. The molecule has 1 amide bonds. The molecule has 1 aliphatic heterocycles. The molecule has 0 unspecified atom stereocenters. The molecule has 1 heterocycles. The van der Waals surface area contributed by atoms with Gasteiger partial charge in [0.2, 0.25) is 0 Å². The number of amides is 1. The Kier molecular flexibility index (Phi) is 6.49. The standard InChI is InChI=1S/C21H19NO4S2/c1-3-25-18-11-16(9-10-17(18)26-14(2)23)12-19-20(24)22(21(27)28-19)13-15-7-5-4-6-8-15/h4-12H,3,13H2,1-2H3/b19-12-. The molecule has 2 aromatic rings. The summed E-state index contributed by atoms with van der Waals surface area (Å²) in [5.74, 6) is 0.255. The number of thiocarbonyl (C=S) groups is 1. The van der Waals surface area contributed by atoms with Gasteiger partial charge < -0.3 is 9.47 Å². The van der Waals surface area contributed by atoms with Gasteiger partial charge in [-0.25, -0.2) is 0 Å². The highest BCUT2D eigenvalue weighted by molar-refractivity contribution is 8.26. The lowest BCUT2D eigenvalue weighted by Crippen LogP contribution is -2.27. The number of carbonyl (C=O) groups excluding carboxylic acids is 2. The van der Waals surface area contributed by atoms with Crippen molar-refractivity contribution in [3.05, 3.63) is 64.6 Å². The third-order valence-corrected chi connectivity index (χ3v) is 5.25. The van der Waals surface area contributed by atoms with Gasteiger partial charge >= 0.3 is 5.97 Å². The van der Waals surface area contributed by atoms with E-state index in [-0.39, 0.29) is 5.91 Å². The SMILES string of the molecule is CCOc1cc(/C=C2\SC(=S)N(Cc3ccccc3)C2=O)ccc1OC(C)=O. The molecule has 5 nitrogen and oxygen atoms in total. The van der Waals surface area contributed by atoms with Gasteiger partial charge in [0, 0.05) is 6.92 Å². The highest BCUT2D eigenvalue weighted by atomic mass is 32.2. The van der Waals surface area contributed by atoms with Crippen molar-refractivity contribution in [3.63, 3.8) is 0 Å². The van der Waals surface area contributed by atoms with Crippen molar-refractivity contribution in [2.75, 3.05) is 6.61 Å². The summed E-state index contributed by atoms with van der Waals surface area (Å²) >= 11 is 6.66. The summed E-state index contributed by atoms with van der Waals surface area (Å²) in [5, 5.41) is 0. The van der Waals surface area contributed by atoms with Crippen LogP contribution in [-0.2, 0) is 16.1 Å². The number of thioether (sulfide) groups is 1. The Morgan fingerprint density at radius 1 is 1.18 bits per heavy atom. The van der Waals surface area contributed by atoms with E-state index in [4.69, 9.17) is 21.7 Å². The Morgan fingerprint density at radius 3 is 2.61 bits per heavy atom. The highest BCUT2D eigenvalue weighted by Crippen LogP contribution is 2.35. The second-order valence-electron chi connectivity index (χ2n) is 5.99. The average Bonchev–Trinajstić information content (AvgIpc) is 2.92. The summed E-state index contributed by atoms with van der Waals surface area (Å²) in [6.45, 7) is 4.05. The number of esters is 1. The molecule has 0 spiro atoms. The van der Waals surface area contributed by atoms with Gasteiger partial charge in [-0.05, 0) is 36.3 Å². The fraction of sp³-hybridized carbons (Fsp3) is 0.190. The highest BCUT2D eigenvalue weighted by Gasteiger charge is 2.32. The molecule has 0 bridgehead atoms. The van der Waals surface area contributed by atoms with Gasteiger partial charge in [-0.2, -0.15) is 0 Å². The number of hydrogen-bond donors (Lipinski definition) is 0. The van der Waals surface area contributed by atoms with E-state index in [0.717, 1.165) is 11.1 Å². The Balaban J connectivity index is 1.83. The fourth-order valence-corrected chi connectivity index (χ4v) is 3.93. The molecule has 0 saturated carbocycles. The maximum Gasteiger partial charge on any atom is 0.308 e. The first-order valence-corrected chi connectivity index (χ1v) is 9.95. The smallest absolute Gasteiger partial charge is 0.308 e. The van der Waals surface area contributed by atoms with Crippen molar-refractivity contribution in [1.29, 1.82) is 0 Å². The number of ether oxygens (including phenoxy) is 2. The van der Waals surface area contributed by atoms with Crippen LogP contribution >= 0.6 is 24.0 Å². The van der Waals surface area contributed by atoms with Crippen molar-refractivity contribution in [1.82, 2.24) is 4.90 Å². The molecular weight excluding hydrogens is 394 g/mol. The Hall–Kier alpha value is -2.64. The average molecular weight is 414 g/mol. The lowest BCUT2D eigenvalue weighted by Gasteiger charge is -2.14. The van der Waals surface area contributed by atoms with Crippen LogP contribution in [-0.4, -0.2) is 27.7 Å². The molecule has 144 valence electrons. The Morgan fingerprint density at radius 2 is 1.93 bits per heavy atom. The molecule has 1 aliphatic rings. The van der Waals surface area contributed by atoms with E-state index in [1.807, 2.05) is 37.3 Å². The maximum absolute atomic E-state index is 12.8. The third-order valence-electron chi connectivity index (χ3n) is 3.88. The monoisotopic (exact) mass is 413 g/mol. The molecule has 0 aromatic heterocycles. The molecule has 1 fully saturated rings. The quantitative estimate of drug-likeness (QED) is 0.303. The van der Waals surface area contributed by atoms with Gasteiger partial charge in [-0.15, -0.1) is 0 Å². The van der Waals surface area contributed by atoms with Gasteiger partial charge in [0.15, 0.2) is 11.5 Å². The van der Waals surface area contributed by atoms with Crippen molar-refractivity contribution in [2.45, 2.75) is 20.4 Å². The summed E-state index contributed by atoms with van der Waals surface area (Å²) in [7, 11) is 0. The molecule has 2 aromatic carbocycles. The third kappa shape index (κ3) is 4.79. The molecular formula is C21H19NO4S2. The Bertz CT molecular complexity index is 941.